The monoisotopic (exact) mass is 385 g/mol. The fourth-order valence-electron chi connectivity index (χ4n) is 3.10. The van der Waals surface area contributed by atoms with Crippen LogP contribution < -0.4 is 10.2 Å². The Morgan fingerprint density at radius 2 is 1.93 bits per heavy atom. The maximum atomic E-state index is 12.5. The van der Waals surface area contributed by atoms with Crippen LogP contribution in [0, 0.1) is 0 Å². The highest BCUT2D eigenvalue weighted by atomic mass is 32.2. The number of nitrogens with one attached hydrogen (secondary N) is 1. The van der Waals surface area contributed by atoms with E-state index in [-0.39, 0.29) is 12.1 Å². The van der Waals surface area contributed by atoms with E-state index in [4.69, 9.17) is 4.74 Å². The van der Waals surface area contributed by atoms with E-state index in [0.717, 1.165) is 36.6 Å². The van der Waals surface area contributed by atoms with Crippen LogP contribution in [0.5, 0.6) is 0 Å². The molecule has 27 heavy (non-hydrogen) atoms. The molecule has 1 N–H and O–H groups in total. The van der Waals surface area contributed by atoms with Gasteiger partial charge in [-0.3, -0.25) is 0 Å². The van der Waals surface area contributed by atoms with E-state index >= 15 is 0 Å². The zero-order valence-electron chi connectivity index (χ0n) is 16.1. The number of carbonyl (C=O) groups excluding carboxylic acids is 1. The lowest BCUT2D eigenvalue weighted by Crippen LogP contribution is -2.41. The minimum absolute atomic E-state index is 0.114. The van der Waals surface area contributed by atoms with Crippen LogP contribution in [0.2, 0.25) is 0 Å². The van der Waals surface area contributed by atoms with Gasteiger partial charge >= 0.3 is 6.03 Å². The first kappa shape index (κ1) is 19.6. The number of carbonyl (C=O) groups is 1. The van der Waals surface area contributed by atoms with Crippen LogP contribution in [-0.4, -0.2) is 50.0 Å². The topological polar surface area (TPSA) is 44.8 Å². The minimum Gasteiger partial charge on any atom is -0.375 e. The van der Waals surface area contributed by atoms with Crippen molar-refractivity contribution in [2.75, 3.05) is 43.2 Å². The molecule has 1 saturated heterocycles. The average Bonchev–Trinajstić information content (AvgIpc) is 2.69. The normalized spacial score (nSPS) is 16.9. The molecule has 2 aromatic rings. The molecule has 0 bridgehead atoms. The molecule has 0 spiro atoms. The summed E-state index contributed by atoms with van der Waals surface area (Å²) in [7, 11) is 1.81. The Morgan fingerprint density at radius 3 is 2.56 bits per heavy atom. The van der Waals surface area contributed by atoms with Gasteiger partial charge < -0.3 is 19.9 Å². The third-order valence-electron chi connectivity index (χ3n) is 4.65. The predicted molar refractivity (Wildman–Crippen MR) is 113 cm³/mol. The molecule has 1 unspecified atom stereocenters. The number of hydrogen-bond acceptors (Lipinski definition) is 4. The van der Waals surface area contributed by atoms with Crippen molar-refractivity contribution in [2.45, 2.75) is 24.5 Å². The number of hydrogen-bond donors (Lipinski definition) is 1. The highest BCUT2D eigenvalue weighted by molar-refractivity contribution is 7.98. The summed E-state index contributed by atoms with van der Waals surface area (Å²) in [6, 6.07) is 16.2. The molecule has 2 amide bonds. The van der Waals surface area contributed by atoms with Crippen LogP contribution >= 0.6 is 11.8 Å². The Bertz CT molecular complexity index is 749. The number of nitrogens with zero attached hydrogens (tertiary/aromatic N) is 2. The lowest BCUT2D eigenvalue weighted by Gasteiger charge is -2.33. The first-order chi connectivity index (χ1) is 13.0. The maximum Gasteiger partial charge on any atom is 0.321 e. The smallest absolute Gasteiger partial charge is 0.321 e. The van der Waals surface area contributed by atoms with Gasteiger partial charge in [-0.1, -0.05) is 12.1 Å². The van der Waals surface area contributed by atoms with Gasteiger partial charge in [-0.15, -0.1) is 11.8 Å². The molecule has 1 aliphatic heterocycles. The Labute approximate surface area is 165 Å². The number of thioether (sulfide) groups is 1. The largest absolute Gasteiger partial charge is 0.375 e. The number of ether oxygens (including phenoxy) is 1. The van der Waals surface area contributed by atoms with Crippen molar-refractivity contribution in [1.82, 2.24) is 4.90 Å². The number of amides is 2. The average molecular weight is 386 g/mol. The second-order valence-electron chi connectivity index (χ2n) is 6.81. The molecule has 0 aliphatic carbocycles. The number of anilines is 2. The van der Waals surface area contributed by atoms with Crippen LogP contribution in [0.1, 0.15) is 12.5 Å². The van der Waals surface area contributed by atoms with Gasteiger partial charge in [0.05, 0.1) is 12.7 Å². The fraction of sp³-hybridized carbons (Fsp3) is 0.381. The molecule has 0 aromatic heterocycles. The Balaban J connectivity index is 1.54. The van der Waals surface area contributed by atoms with Crippen LogP contribution in [0.25, 0.3) is 0 Å². The molecule has 0 saturated carbocycles. The van der Waals surface area contributed by atoms with E-state index < -0.39 is 0 Å². The summed E-state index contributed by atoms with van der Waals surface area (Å²) in [4.78, 5) is 17.7. The Hall–Kier alpha value is -2.18. The molecule has 1 aliphatic rings. The molecule has 1 heterocycles. The van der Waals surface area contributed by atoms with Crippen molar-refractivity contribution >= 4 is 29.2 Å². The molecule has 2 aromatic carbocycles. The molecule has 6 heteroatoms. The second-order valence-corrected chi connectivity index (χ2v) is 7.69. The summed E-state index contributed by atoms with van der Waals surface area (Å²) < 4.78 is 5.59. The van der Waals surface area contributed by atoms with Gasteiger partial charge in [-0.05, 0) is 55.1 Å². The van der Waals surface area contributed by atoms with E-state index in [2.05, 4.69) is 59.8 Å². The van der Waals surface area contributed by atoms with Crippen molar-refractivity contribution in [3.05, 3.63) is 54.1 Å². The van der Waals surface area contributed by atoms with Gasteiger partial charge in [0.2, 0.25) is 0 Å². The van der Waals surface area contributed by atoms with Crippen molar-refractivity contribution in [3.8, 4) is 0 Å². The lowest BCUT2D eigenvalue weighted by molar-refractivity contribution is 0.0532. The van der Waals surface area contributed by atoms with Gasteiger partial charge in [0.25, 0.3) is 0 Å². The number of urea groups is 1. The molecule has 5 nitrogen and oxygen atoms in total. The molecular formula is C21H27N3O2S. The molecule has 1 fully saturated rings. The highest BCUT2D eigenvalue weighted by Crippen LogP contribution is 2.21. The Morgan fingerprint density at radius 1 is 1.22 bits per heavy atom. The van der Waals surface area contributed by atoms with Crippen LogP contribution in [0.15, 0.2) is 53.4 Å². The van der Waals surface area contributed by atoms with E-state index in [1.165, 1.54) is 4.90 Å². The summed E-state index contributed by atoms with van der Waals surface area (Å²) in [5.41, 5.74) is 3.07. The van der Waals surface area contributed by atoms with Gasteiger partial charge in [-0.2, -0.15) is 0 Å². The van der Waals surface area contributed by atoms with E-state index in [0.29, 0.717) is 6.54 Å². The molecule has 0 radical (unpaired) electrons. The number of rotatable bonds is 5. The number of benzene rings is 2. The summed E-state index contributed by atoms with van der Waals surface area (Å²) >= 11 is 1.71. The van der Waals surface area contributed by atoms with E-state index in [1.807, 2.05) is 12.1 Å². The zero-order chi connectivity index (χ0) is 19.2. The van der Waals surface area contributed by atoms with Crippen LogP contribution in [-0.2, 0) is 11.3 Å². The highest BCUT2D eigenvalue weighted by Gasteiger charge is 2.17. The fourth-order valence-corrected chi connectivity index (χ4v) is 3.51. The minimum atomic E-state index is -0.114. The van der Waals surface area contributed by atoms with Crippen molar-refractivity contribution < 1.29 is 9.53 Å². The van der Waals surface area contributed by atoms with E-state index in [9.17, 15) is 4.79 Å². The molecule has 144 valence electrons. The van der Waals surface area contributed by atoms with Crippen molar-refractivity contribution in [2.24, 2.45) is 0 Å². The molecular weight excluding hydrogens is 358 g/mol. The predicted octanol–water partition coefficient (Wildman–Crippen LogP) is 4.30. The maximum absolute atomic E-state index is 12.5. The van der Waals surface area contributed by atoms with Crippen LogP contribution in [0.3, 0.4) is 0 Å². The standard InChI is InChI=1S/C21H27N3O2S/c1-16-14-24(12-13-26-16)19-8-6-18(7-9-19)22-21(25)23(2)15-17-4-10-20(27-3)11-5-17/h4-11,16H,12-15H2,1-3H3,(H,22,25). The van der Waals surface area contributed by atoms with E-state index in [1.54, 1.807) is 23.7 Å². The first-order valence-electron chi connectivity index (χ1n) is 9.17. The summed E-state index contributed by atoms with van der Waals surface area (Å²) in [5.74, 6) is 0. The van der Waals surface area contributed by atoms with Crippen LogP contribution in [0.4, 0.5) is 16.2 Å². The summed E-state index contributed by atoms with van der Waals surface area (Å²) in [6.45, 7) is 5.20. The summed E-state index contributed by atoms with van der Waals surface area (Å²) in [5, 5.41) is 2.96. The molecule has 1 atom stereocenters. The third-order valence-corrected chi connectivity index (χ3v) is 5.39. The van der Waals surface area contributed by atoms with Crippen molar-refractivity contribution in [1.29, 1.82) is 0 Å². The lowest BCUT2D eigenvalue weighted by atomic mass is 10.2. The summed E-state index contributed by atoms with van der Waals surface area (Å²) in [6.07, 6.45) is 2.30. The van der Waals surface area contributed by atoms with Gasteiger partial charge in [0, 0.05) is 43.0 Å². The van der Waals surface area contributed by atoms with Gasteiger partial charge in [-0.25, -0.2) is 4.79 Å². The second kappa shape index (κ2) is 9.15. The molecule has 3 rings (SSSR count). The Kier molecular flexibility index (Phi) is 6.63. The quantitative estimate of drug-likeness (QED) is 0.780. The number of morpholine rings is 1. The van der Waals surface area contributed by atoms with Crippen molar-refractivity contribution in [3.63, 3.8) is 0 Å². The van der Waals surface area contributed by atoms with Gasteiger partial charge in [0.1, 0.15) is 0 Å². The zero-order valence-corrected chi connectivity index (χ0v) is 17.0. The SMILES string of the molecule is CSc1ccc(CN(C)C(=O)Nc2ccc(N3CCOC(C)C3)cc2)cc1. The van der Waals surface area contributed by atoms with Gasteiger partial charge in [0.15, 0.2) is 0 Å². The third kappa shape index (κ3) is 5.40. The first-order valence-corrected chi connectivity index (χ1v) is 10.4.